The van der Waals surface area contributed by atoms with Gasteiger partial charge < -0.3 is 14.2 Å². The van der Waals surface area contributed by atoms with Gasteiger partial charge in [0.25, 0.3) is 0 Å². The van der Waals surface area contributed by atoms with Crippen LogP contribution in [0.1, 0.15) is 64.0 Å². The first-order chi connectivity index (χ1) is 15.2. The first-order valence-corrected chi connectivity index (χ1v) is 11.2. The largest absolute Gasteiger partial charge is 0.493 e. The minimum Gasteiger partial charge on any atom is -0.493 e. The molecule has 1 unspecified atom stereocenters. The van der Waals surface area contributed by atoms with E-state index in [4.69, 9.17) is 14.2 Å². The van der Waals surface area contributed by atoms with Crippen molar-refractivity contribution in [1.82, 2.24) is 0 Å². The number of carbonyl (C=O) groups excluding carboxylic acids is 1. The Balaban J connectivity index is 1.55. The number of hydrogen-bond donors (Lipinski definition) is 0. The zero-order chi connectivity index (χ0) is 23.2. The summed E-state index contributed by atoms with van der Waals surface area (Å²) in [6, 6.07) is 16.2. The fourth-order valence-corrected chi connectivity index (χ4v) is 3.51. The summed E-state index contributed by atoms with van der Waals surface area (Å²) in [5.74, 6) is 7.29. The third-order valence-corrected chi connectivity index (χ3v) is 5.95. The molecule has 4 heteroatoms. The van der Waals surface area contributed by atoms with Gasteiger partial charge in [0.05, 0.1) is 32.7 Å². The van der Waals surface area contributed by atoms with Gasteiger partial charge in [-0.1, -0.05) is 51.0 Å². The molecule has 0 heterocycles. The second kappa shape index (κ2) is 10.1. The quantitative estimate of drug-likeness (QED) is 0.364. The molecule has 1 aliphatic rings. The van der Waals surface area contributed by atoms with Gasteiger partial charge in [0, 0.05) is 5.41 Å². The summed E-state index contributed by atoms with van der Waals surface area (Å²) in [6.45, 7) is 9.69. The van der Waals surface area contributed by atoms with Crippen molar-refractivity contribution in [3.05, 3.63) is 59.7 Å². The second-order valence-electron chi connectivity index (χ2n) is 9.65. The molecule has 3 rings (SSSR count). The van der Waals surface area contributed by atoms with Crippen molar-refractivity contribution in [1.29, 1.82) is 0 Å². The molecule has 2 aromatic rings. The number of carbonyl (C=O) groups is 1. The zero-order valence-corrected chi connectivity index (χ0v) is 19.9. The van der Waals surface area contributed by atoms with Crippen LogP contribution in [0, 0.1) is 17.3 Å². The van der Waals surface area contributed by atoms with Crippen molar-refractivity contribution in [3.8, 4) is 23.3 Å². The van der Waals surface area contributed by atoms with Crippen LogP contribution in [0.4, 0.5) is 0 Å². The van der Waals surface area contributed by atoms with Crippen LogP contribution in [0.25, 0.3) is 0 Å². The van der Waals surface area contributed by atoms with E-state index in [0.29, 0.717) is 13.2 Å². The lowest BCUT2D eigenvalue weighted by Crippen LogP contribution is -2.21. The van der Waals surface area contributed by atoms with Crippen molar-refractivity contribution in [2.75, 3.05) is 20.3 Å². The molecule has 1 atom stereocenters. The van der Waals surface area contributed by atoms with E-state index in [0.717, 1.165) is 29.9 Å². The Kier molecular flexibility index (Phi) is 7.51. The molecule has 0 bridgehead atoms. The molecule has 0 aliphatic heterocycles. The van der Waals surface area contributed by atoms with Gasteiger partial charge in [0.15, 0.2) is 0 Å². The summed E-state index contributed by atoms with van der Waals surface area (Å²) in [4.78, 5) is 11.7. The maximum atomic E-state index is 11.7. The van der Waals surface area contributed by atoms with Crippen LogP contribution in [0.2, 0.25) is 0 Å². The molecule has 1 saturated carbocycles. The highest BCUT2D eigenvalue weighted by atomic mass is 16.5. The standard InChI is InChI=1S/C28H34O4/c1-6-8-22(17-26(29)30-5)21-11-13-24(14-12-21)31-19-28(15-16-28)20-32-25-10-7-9-23(18-25)27(2,3)4/h7,9-14,18,22H,15-17,19-20H2,1-5H3. The Morgan fingerprint density at radius 2 is 1.69 bits per heavy atom. The molecule has 2 aromatic carbocycles. The number of esters is 1. The fraction of sp³-hybridized carbons (Fsp3) is 0.464. The van der Waals surface area contributed by atoms with Gasteiger partial charge in [0.2, 0.25) is 0 Å². The Morgan fingerprint density at radius 3 is 2.25 bits per heavy atom. The normalized spacial score (nSPS) is 15.2. The highest BCUT2D eigenvalue weighted by Crippen LogP contribution is 2.46. The molecule has 0 amide bonds. The van der Waals surface area contributed by atoms with Crippen LogP contribution in [0.3, 0.4) is 0 Å². The number of hydrogen-bond acceptors (Lipinski definition) is 4. The number of rotatable bonds is 9. The minimum absolute atomic E-state index is 0.0809. The molecule has 0 spiro atoms. The van der Waals surface area contributed by atoms with Crippen molar-refractivity contribution in [2.45, 2.75) is 58.3 Å². The van der Waals surface area contributed by atoms with E-state index in [2.05, 4.69) is 50.8 Å². The number of ether oxygens (including phenoxy) is 3. The zero-order valence-electron chi connectivity index (χ0n) is 19.9. The monoisotopic (exact) mass is 434 g/mol. The molecule has 170 valence electrons. The SMILES string of the molecule is CC#CC(CC(=O)OC)c1ccc(OCC2(COc3cccc(C(C)(C)C)c3)CC2)cc1. The third kappa shape index (κ3) is 6.53. The lowest BCUT2D eigenvalue weighted by Gasteiger charge is -2.21. The second-order valence-corrected chi connectivity index (χ2v) is 9.65. The summed E-state index contributed by atoms with van der Waals surface area (Å²) < 4.78 is 17.0. The van der Waals surface area contributed by atoms with Gasteiger partial charge in [0.1, 0.15) is 11.5 Å². The lowest BCUT2D eigenvalue weighted by molar-refractivity contribution is -0.140. The molecule has 0 saturated heterocycles. The third-order valence-electron chi connectivity index (χ3n) is 5.95. The van der Waals surface area contributed by atoms with E-state index in [1.165, 1.54) is 12.7 Å². The lowest BCUT2D eigenvalue weighted by atomic mass is 9.87. The van der Waals surface area contributed by atoms with E-state index in [1.54, 1.807) is 6.92 Å². The van der Waals surface area contributed by atoms with Gasteiger partial charge >= 0.3 is 5.97 Å². The van der Waals surface area contributed by atoms with E-state index >= 15 is 0 Å². The summed E-state index contributed by atoms with van der Waals surface area (Å²) in [5, 5.41) is 0. The molecule has 0 aromatic heterocycles. The summed E-state index contributed by atoms with van der Waals surface area (Å²) in [6.07, 6.45) is 2.46. The molecular formula is C28H34O4. The van der Waals surface area contributed by atoms with Gasteiger partial charge in [-0.15, -0.1) is 5.92 Å². The highest BCUT2D eigenvalue weighted by Gasteiger charge is 2.44. The van der Waals surface area contributed by atoms with Crippen molar-refractivity contribution in [2.24, 2.45) is 5.41 Å². The maximum absolute atomic E-state index is 11.7. The summed E-state index contributed by atoms with van der Waals surface area (Å²) >= 11 is 0. The Hall–Kier alpha value is -2.93. The van der Waals surface area contributed by atoms with E-state index < -0.39 is 0 Å². The van der Waals surface area contributed by atoms with Crippen LogP contribution in [0.5, 0.6) is 11.5 Å². The average molecular weight is 435 g/mol. The number of methoxy groups -OCH3 is 1. The molecule has 4 nitrogen and oxygen atoms in total. The predicted octanol–water partition coefficient (Wildman–Crippen LogP) is 5.89. The van der Waals surface area contributed by atoms with Crippen molar-refractivity contribution >= 4 is 5.97 Å². The Morgan fingerprint density at radius 1 is 1.03 bits per heavy atom. The minimum atomic E-state index is -0.262. The molecule has 0 radical (unpaired) electrons. The van der Waals surface area contributed by atoms with Crippen LogP contribution in [-0.2, 0) is 14.9 Å². The van der Waals surface area contributed by atoms with E-state index in [-0.39, 0.29) is 29.1 Å². The molecular weight excluding hydrogens is 400 g/mol. The van der Waals surface area contributed by atoms with Crippen molar-refractivity contribution in [3.63, 3.8) is 0 Å². The Bertz CT molecular complexity index is 969. The van der Waals surface area contributed by atoms with Gasteiger partial charge in [-0.25, -0.2) is 0 Å². The average Bonchev–Trinajstić information content (AvgIpc) is 3.56. The van der Waals surface area contributed by atoms with Crippen LogP contribution >= 0.6 is 0 Å². The van der Waals surface area contributed by atoms with E-state index in [1.807, 2.05) is 30.3 Å². The first-order valence-electron chi connectivity index (χ1n) is 11.2. The molecule has 32 heavy (non-hydrogen) atoms. The molecule has 1 aliphatic carbocycles. The topological polar surface area (TPSA) is 44.8 Å². The number of benzene rings is 2. The smallest absolute Gasteiger partial charge is 0.307 e. The predicted molar refractivity (Wildman–Crippen MR) is 127 cm³/mol. The Labute approximate surface area is 192 Å². The maximum Gasteiger partial charge on any atom is 0.307 e. The highest BCUT2D eigenvalue weighted by molar-refractivity contribution is 5.71. The fourth-order valence-electron chi connectivity index (χ4n) is 3.51. The van der Waals surface area contributed by atoms with Gasteiger partial charge in [-0.3, -0.25) is 4.79 Å². The summed E-state index contributed by atoms with van der Waals surface area (Å²) in [7, 11) is 1.40. The van der Waals surface area contributed by atoms with Crippen LogP contribution in [0.15, 0.2) is 48.5 Å². The molecule has 0 N–H and O–H groups in total. The van der Waals surface area contributed by atoms with Gasteiger partial charge in [-0.05, 0) is 60.6 Å². The molecule has 1 fully saturated rings. The van der Waals surface area contributed by atoms with Crippen LogP contribution < -0.4 is 9.47 Å². The van der Waals surface area contributed by atoms with Crippen molar-refractivity contribution < 1.29 is 19.0 Å². The van der Waals surface area contributed by atoms with Crippen LogP contribution in [-0.4, -0.2) is 26.3 Å². The van der Waals surface area contributed by atoms with Gasteiger partial charge in [-0.2, -0.15) is 0 Å². The summed E-state index contributed by atoms with van der Waals surface area (Å²) in [5.41, 5.74) is 2.44. The van der Waals surface area contributed by atoms with E-state index in [9.17, 15) is 4.79 Å². The first kappa shape index (κ1) is 23.7.